The van der Waals surface area contributed by atoms with Gasteiger partial charge in [0, 0.05) is 35.6 Å². The molecule has 2 rings (SSSR count). The van der Waals surface area contributed by atoms with Crippen molar-refractivity contribution in [3.8, 4) is 0 Å². The fourth-order valence-electron chi connectivity index (χ4n) is 2.10. The van der Waals surface area contributed by atoms with Crippen LogP contribution in [0.2, 0.25) is 5.02 Å². The Labute approximate surface area is 119 Å². The third-order valence-corrected chi connectivity index (χ3v) is 3.45. The molecule has 0 aliphatic carbocycles. The molecule has 0 aliphatic heterocycles. The van der Waals surface area contributed by atoms with Crippen molar-refractivity contribution in [2.24, 2.45) is 5.73 Å². The Hall–Kier alpha value is -1.58. The molecule has 0 amide bonds. The van der Waals surface area contributed by atoms with E-state index in [9.17, 15) is 0 Å². The maximum atomic E-state index is 6.21. The highest BCUT2D eigenvalue weighted by molar-refractivity contribution is 6.31. The molecule has 19 heavy (non-hydrogen) atoms. The van der Waals surface area contributed by atoms with Crippen LogP contribution in [0.25, 0.3) is 0 Å². The van der Waals surface area contributed by atoms with Gasteiger partial charge in [0.15, 0.2) is 0 Å². The van der Waals surface area contributed by atoms with Gasteiger partial charge in [-0.1, -0.05) is 23.7 Å². The fraction of sp³-hybridized carbons (Fsp3) is 0.267. The summed E-state index contributed by atoms with van der Waals surface area (Å²) in [6.07, 6.45) is 1.81. The molecule has 100 valence electrons. The maximum absolute atomic E-state index is 6.21. The molecule has 1 aromatic heterocycles. The molecule has 4 heteroatoms. The molecule has 3 nitrogen and oxygen atoms in total. The van der Waals surface area contributed by atoms with Gasteiger partial charge in [0.25, 0.3) is 0 Å². The third-order valence-electron chi connectivity index (χ3n) is 3.10. The molecule has 0 atom stereocenters. The summed E-state index contributed by atoms with van der Waals surface area (Å²) in [5, 5.41) is 0.722. The highest BCUT2D eigenvalue weighted by Gasteiger charge is 2.12. The van der Waals surface area contributed by atoms with Crippen LogP contribution in [0.5, 0.6) is 0 Å². The number of rotatable bonds is 5. The van der Waals surface area contributed by atoms with Crippen molar-refractivity contribution in [2.45, 2.75) is 20.0 Å². The Morgan fingerprint density at radius 2 is 2.05 bits per heavy atom. The number of aromatic nitrogens is 1. The van der Waals surface area contributed by atoms with Crippen LogP contribution in [0.3, 0.4) is 0 Å². The van der Waals surface area contributed by atoms with E-state index in [2.05, 4.69) is 22.9 Å². The van der Waals surface area contributed by atoms with Gasteiger partial charge in [-0.3, -0.25) is 4.98 Å². The van der Waals surface area contributed by atoms with Crippen LogP contribution in [-0.4, -0.2) is 11.5 Å². The Balaban J connectivity index is 2.30. The lowest BCUT2D eigenvalue weighted by Crippen LogP contribution is -2.24. The standard InChI is InChI=1S/C15H18ClN3/c1-2-19(11-12-6-3-4-9-18-12)15-8-5-7-14(16)13(15)10-17/h3-9H,2,10-11,17H2,1H3. The number of nitrogens with zero attached hydrogens (tertiary/aromatic N) is 2. The van der Waals surface area contributed by atoms with Gasteiger partial charge in [0.2, 0.25) is 0 Å². The van der Waals surface area contributed by atoms with Crippen LogP contribution in [0.15, 0.2) is 42.6 Å². The first-order valence-electron chi connectivity index (χ1n) is 6.38. The summed E-state index contributed by atoms with van der Waals surface area (Å²) in [5.74, 6) is 0. The molecular weight excluding hydrogens is 258 g/mol. The predicted molar refractivity (Wildman–Crippen MR) is 80.3 cm³/mol. The SMILES string of the molecule is CCN(Cc1ccccn1)c1cccc(Cl)c1CN. The van der Waals surface area contributed by atoms with Crippen molar-refractivity contribution < 1.29 is 0 Å². The monoisotopic (exact) mass is 275 g/mol. The normalized spacial score (nSPS) is 10.5. The van der Waals surface area contributed by atoms with E-state index in [4.69, 9.17) is 17.3 Å². The van der Waals surface area contributed by atoms with E-state index >= 15 is 0 Å². The molecule has 0 saturated heterocycles. The van der Waals surface area contributed by atoms with Gasteiger partial charge >= 0.3 is 0 Å². The van der Waals surface area contributed by atoms with Crippen molar-refractivity contribution in [3.05, 3.63) is 58.9 Å². The summed E-state index contributed by atoms with van der Waals surface area (Å²) < 4.78 is 0. The molecule has 1 aromatic carbocycles. The summed E-state index contributed by atoms with van der Waals surface area (Å²) in [5.41, 5.74) is 8.92. The van der Waals surface area contributed by atoms with E-state index in [0.717, 1.165) is 35.1 Å². The third kappa shape index (κ3) is 3.25. The van der Waals surface area contributed by atoms with Crippen molar-refractivity contribution in [1.29, 1.82) is 0 Å². The average molecular weight is 276 g/mol. The minimum atomic E-state index is 0.438. The molecule has 0 aliphatic rings. The number of hydrogen-bond donors (Lipinski definition) is 1. The number of pyridine rings is 1. The van der Waals surface area contributed by atoms with E-state index in [1.807, 2.05) is 36.5 Å². The topological polar surface area (TPSA) is 42.2 Å². The van der Waals surface area contributed by atoms with E-state index in [1.165, 1.54) is 0 Å². The lowest BCUT2D eigenvalue weighted by Gasteiger charge is -2.25. The molecule has 2 N–H and O–H groups in total. The second-order valence-electron chi connectivity index (χ2n) is 4.28. The minimum Gasteiger partial charge on any atom is -0.366 e. The second-order valence-corrected chi connectivity index (χ2v) is 4.68. The smallest absolute Gasteiger partial charge is 0.0602 e. The highest BCUT2D eigenvalue weighted by Crippen LogP contribution is 2.27. The summed E-state index contributed by atoms with van der Waals surface area (Å²) in [6, 6.07) is 11.8. The number of anilines is 1. The molecular formula is C15H18ClN3. The highest BCUT2D eigenvalue weighted by atomic mass is 35.5. The molecule has 0 spiro atoms. The first-order valence-corrected chi connectivity index (χ1v) is 6.76. The van der Waals surface area contributed by atoms with Gasteiger partial charge in [-0.15, -0.1) is 0 Å². The molecule has 0 bridgehead atoms. The van der Waals surface area contributed by atoms with Crippen molar-refractivity contribution in [3.63, 3.8) is 0 Å². The maximum Gasteiger partial charge on any atom is 0.0602 e. The summed E-state index contributed by atoms with van der Waals surface area (Å²) in [6.45, 7) is 4.19. The van der Waals surface area contributed by atoms with Crippen LogP contribution in [0.4, 0.5) is 5.69 Å². The lowest BCUT2D eigenvalue weighted by molar-refractivity contribution is 0.801. The fourth-order valence-corrected chi connectivity index (χ4v) is 2.35. The van der Waals surface area contributed by atoms with E-state index in [1.54, 1.807) is 0 Å². The largest absolute Gasteiger partial charge is 0.366 e. The average Bonchev–Trinajstić information content (AvgIpc) is 2.45. The first-order chi connectivity index (χ1) is 9.26. The molecule has 0 fully saturated rings. The predicted octanol–water partition coefficient (Wildman–Crippen LogP) is 3.22. The van der Waals surface area contributed by atoms with Crippen molar-refractivity contribution in [1.82, 2.24) is 4.98 Å². The molecule has 2 aromatic rings. The van der Waals surface area contributed by atoms with Gasteiger partial charge in [-0.2, -0.15) is 0 Å². The van der Waals surface area contributed by atoms with Crippen LogP contribution in [0.1, 0.15) is 18.2 Å². The van der Waals surface area contributed by atoms with Crippen LogP contribution in [0, 0.1) is 0 Å². The van der Waals surface area contributed by atoms with Gasteiger partial charge in [0.05, 0.1) is 12.2 Å². The quantitative estimate of drug-likeness (QED) is 0.911. The van der Waals surface area contributed by atoms with Gasteiger partial charge in [0.1, 0.15) is 0 Å². The zero-order valence-corrected chi connectivity index (χ0v) is 11.8. The zero-order chi connectivity index (χ0) is 13.7. The van der Waals surface area contributed by atoms with Gasteiger partial charge < -0.3 is 10.6 Å². The first kappa shape index (κ1) is 13.8. The Morgan fingerprint density at radius 3 is 2.68 bits per heavy atom. The van der Waals surface area contributed by atoms with Crippen LogP contribution >= 0.6 is 11.6 Å². The Kier molecular flexibility index (Phi) is 4.77. The minimum absolute atomic E-state index is 0.438. The molecule has 0 radical (unpaired) electrons. The Morgan fingerprint density at radius 1 is 1.21 bits per heavy atom. The second kappa shape index (κ2) is 6.55. The molecule has 0 unspecified atom stereocenters. The number of halogens is 1. The summed E-state index contributed by atoms with van der Waals surface area (Å²) in [4.78, 5) is 6.60. The van der Waals surface area contributed by atoms with Gasteiger partial charge in [-0.25, -0.2) is 0 Å². The van der Waals surface area contributed by atoms with Crippen molar-refractivity contribution in [2.75, 3.05) is 11.4 Å². The molecule has 1 heterocycles. The van der Waals surface area contributed by atoms with Crippen LogP contribution in [-0.2, 0) is 13.1 Å². The number of benzene rings is 1. The zero-order valence-electron chi connectivity index (χ0n) is 11.0. The number of hydrogen-bond acceptors (Lipinski definition) is 3. The summed E-state index contributed by atoms with van der Waals surface area (Å²) in [7, 11) is 0. The summed E-state index contributed by atoms with van der Waals surface area (Å²) >= 11 is 6.21. The molecule has 0 saturated carbocycles. The number of nitrogens with two attached hydrogens (primary N) is 1. The lowest BCUT2D eigenvalue weighted by atomic mass is 10.1. The van der Waals surface area contributed by atoms with Crippen molar-refractivity contribution >= 4 is 17.3 Å². The Bertz CT molecular complexity index is 528. The van der Waals surface area contributed by atoms with Gasteiger partial charge in [-0.05, 0) is 31.2 Å². The van der Waals surface area contributed by atoms with E-state index in [0.29, 0.717) is 6.54 Å². The van der Waals surface area contributed by atoms with E-state index < -0.39 is 0 Å². The van der Waals surface area contributed by atoms with E-state index in [-0.39, 0.29) is 0 Å². The van der Waals surface area contributed by atoms with Crippen LogP contribution < -0.4 is 10.6 Å².